The molecule has 0 aliphatic rings. The highest BCUT2D eigenvalue weighted by Gasteiger charge is 2.23. The number of para-hydroxylation sites is 6. The van der Waals surface area contributed by atoms with Gasteiger partial charge in [0.15, 0.2) is 0 Å². The maximum atomic E-state index is 16.1. The molecule has 10 aromatic rings. The predicted molar refractivity (Wildman–Crippen MR) is 190 cm³/mol. The first-order chi connectivity index (χ1) is 22.8. The standard InChI is InChI=1S/C42H26FN3/c43-35-20-11-19-32-28-15-5-9-23-38(28)46(42(32)35)40-25-39-33(29-16-6-8-22-37(29)45(39)26-12-2-1-3-13-26)24-34(40)31-18-10-17-30-27-14-4-7-21-36(27)44-41(30)31/h1-25,44H. The molecule has 0 atom stereocenters. The number of hydrogen-bond donors (Lipinski definition) is 1. The minimum atomic E-state index is -0.243. The average Bonchev–Trinajstić information content (AvgIpc) is 3.76. The lowest BCUT2D eigenvalue weighted by Crippen LogP contribution is -2.01. The number of aromatic nitrogens is 3. The third kappa shape index (κ3) is 3.41. The smallest absolute Gasteiger partial charge is 0.147 e. The van der Waals surface area contributed by atoms with Gasteiger partial charge in [0, 0.05) is 54.6 Å². The molecular weight excluding hydrogens is 565 g/mol. The Bertz CT molecular complexity index is 2820. The van der Waals surface area contributed by atoms with E-state index in [0.29, 0.717) is 5.52 Å². The number of benzene rings is 7. The van der Waals surface area contributed by atoms with Gasteiger partial charge in [0.05, 0.1) is 33.3 Å². The van der Waals surface area contributed by atoms with Gasteiger partial charge >= 0.3 is 0 Å². The molecule has 0 saturated heterocycles. The van der Waals surface area contributed by atoms with Crippen molar-refractivity contribution >= 4 is 65.4 Å². The van der Waals surface area contributed by atoms with Gasteiger partial charge in [0.2, 0.25) is 0 Å². The number of halogens is 1. The molecule has 0 aliphatic carbocycles. The highest BCUT2D eigenvalue weighted by atomic mass is 19.1. The summed E-state index contributed by atoms with van der Waals surface area (Å²) in [6.45, 7) is 0. The molecule has 0 amide bonds. The summed E-state index contributed by atoms with van der Waals surface area (Å²) in [7, 11) is 0. The Morgan fingerprint density at radius 3 is 1.89 bits per heavy atom. The Kier molecular flexibility index (Phi) is 5.17. The van der Waals surface area contributed by atoms with Gasteiger partial charge in [0.25, 0.3) is 0 Å². The second kappa shape index (κ2) is 9.43. The molecule has 0 spiro atoms. The van der Waals surface area contributed by atoms with Crippen LogP contribution in [-0.2, 0) is 0 Å². The number of hydrogen-bond acceptors (Lipinski definition) is 0. The van der Waals surface area contributed by atoms with E-state index in [-0.39, 0.29) is 5.82 Å². The highest BCUT2D eigenvalue weighted by Crippen LogP contribution is 2.44. The second-order valence-electron chi connectivity index (χ2n) is 12.0. The fraction of sp³-hybridized carbons (Fsp3) is 0. The van der Waals surface area contributed by atoms with Crippen molar-refractivity contribution in [3.8, 4) is 22.5 Å². The summed E-state index contributed by atoms with van der Waals surface area (Å²) in [5.74, 6) is -0.243. The lowest BCUT2D eigenvalue weighted by molar-refractivity contribution is 0.635. The van der Waals surface area contributed by atoms with E-state index in [4.69, 9.17) is 0 Å². The van der Waals surface area contributed by atoms with Crippen LogP contribution in [0, 0.1) is 5.82 Å². The normalized spacial score (nSPS) is 12.0. The molecule has 46 heavy (non-hydrogen) atoms. The van der Waals surface area contributed by atoms with Crippen LogP contribution in [0.25, 0.3) is 87.9 Å². The zero-order valence-corrected chi connectivity index (χ0v) is 24.7. The van der Waals surface area contributed by atoms with E-state index in [2.05, 4.69) is 129 Å². The first-order valence-corrected chi connectivity index (χ1v) is 15.6. The maximum Gasteiger partial charge on any atom is 0.147 e. The Morgan fingerprint density at radius 1 is 0.435 bits per heavy atom. The summed E-state index contributed by atoms with van der Waals surface area (Å²) in [5.41, 5.74) is 10.0. The van der Waals surface area contributed by atoms with E-state index < -0.39 is 0 Å². The molecule has 0 aliphatic heterocycles. The molecule has 0 unspecified atom stereocenters. The monoisotopic (exact) mass is 591 g/mol. The van der Waals surface area contributed by atoms with Gasteiger partial charge in [-0.1, -0.05) is 103 Å². The van der Waals surface area contributed by atoms with E-state index in [0.717, 1.165) is 66.2 Å². The van der Waals surface area contributed by atoms with Gasteiger partial charge in [-0.3, -0.25) is 0 Å². The first-order valence-electron chi connectivity index (χ1n) is 15.6. The quantitative estimate of drug-likeness (QED) is 0.212. The molecule has 3 aromatic heterocycles. The van der Waals surface area contributed by atoms with Gasteiger partial charge in [-0.05, 0) is 48.5 Å². The molecule has 4 heteroatoms. The largest absolute Gasteiger partial charge is 0.354 e. The van der Waals surface area contributed by atoms with Crippen LogP contribution in [0.5, 0.6) is 0 Å². The van der Waals surface area contributed by atoms with Gasteiger partial charge < -0.3 is 14.1 Å². The number of aromatic amines is 1. The van der Waals surface area contributed by atoms with Crippen molar-refractivity contribution in [1.29, 1.82) is 0 Å². The molecule has 7 aromatic carbocycles. The molecule has 1 N–H and O–H groups in total. The van der Waals surface area contributed by atoms with Crippen LogP contribution >= 0.6 is 0 Å². The number of nitrogens with zero attached hydrogens (tertiary/aromatic N) is 2. The molecule has 3 nitrogen and oxygen atoms in total. The minimum Gasteiger partial charge on any atom is -0.354 e. The maximum absolute atomic E-state index is 16.1. The zero-order valence-electron chi connectivity index (χ0n) is 24.7. The summed E-state index contributed by atoms with van der Waals surface area (Å²) >= 11 is 0. The van der Waals surface area contributed by atoms with Gasteiger partial charge in [-0.25, -0.2) is 4.39 Å². The third-order valence-electron chi connectivity index (χ3n) is 9.52. The first kappa shape index (κ1) is 25.2. The van der Waals surface area contributed by atoms with Gasteiger partial charge in [-0.15, -0.1) is 0 Å². The molecular formula is C42H26FN3. The van der Waals surface area contributed by atoms with Crippen LogP contribution in [0.3, 0.4) is 0 Å². The molecule has 0 fully saturated rings. The van der Waals surface area contributed by atoms with Crippen molar-refractivity contribution in [1.82, 2.24) is 14.1 Å². The van der Waals surface area contributed by atoms with E-state index in [1.807, 2.05) is 24.3 Å². The number of fused-ring (bicyclic) bond motifs is 9. The van der Waals surface area contributed by atoms with Crippen LogP contribution in [0.1, 0.15) is 0 Å². The van der Waals surface area contributed by atoms with Crippen LogP contribution in [0.2, 0.25) is 0 Å². The van der Waals surface area contributed by atoms with E-state index in [1.165, 1.54) is 16.2 Å². The SMILES string of the molecule is Fc1cccc2c3ccccc3n(-c3cc4c(cc3-c3cccc5c3[nH]c3ccccc35)c3ccccc3n4-c3ccccc3)c12. The van der Waals surface area contributed by atoms with E-state index in [9.17, 15) is 0 Å². The Balaban J connectivity index is 1.43. The van der Waals surface area contributed by atoms with E-state index >= 15 is 4.39 Å². The summed E-state index contributed by atoms with van der Waals surface area (Å²) in [4.78, 5) is 3.73. The lowest BCUT2D eigenvalue weighted by Gasteiger charge is -2.17. The fourth-order valence-corrected chi connectivity index (χ4v) is 7.58. The van der Waals surface area contributed by atoms with Crippen molar-refractivity contribution in [2.75, 3.05) is 0 Å². The van der Waals surface area contributed by atoms with E-state index in [1.54, 1.807) is 12.1 Å². The van der Waals surface area contributed by atoms with Crippen molar-refractivity contribution in [2.45, 2.75) is 0 Å². The zero-order chi connectivity index (χ0) is 30.4. The molecule has 3 heterocycles. The number of H-pyrrole nitrogens is 1. The summed E-state index contributed by atoms with van der Waals surface area (Å²) in [6.07, 6.45) is 0. The van der Waals surface area contributed by atoms with Crippen molar-refractivity contribution in [3.63, 3.8) is 0 Å². The average molecular weight is 592 g/mol. The van der Waals surface area contributed by atoms with Crippen molar-refractivity contribution in [2.24, 2.45) is 0 Å². The molecule has 0 saturated carbocycles. The Hall–Kier alpha value is -6.13. The third-order valence-corrected chi connectivity index (χ3v) is 9.52. The Morgan fingerprint density at radius 2 is 1.07 bits per heavy atom. The van der Waals surface area contributed by atoms with Crippen LogP contribution < -0.4 is 0 Å². The van der Waals surface area contributed by atoms with Crippen molar-refractivity contribution in [3.05, 3.63) is 157 Å². The second-order valence-corrected chi connectivity index (χ2v) is 12.0. The predicted octanol–water partition coefficient (Wildman–Crippen LogP) is 11.3. The van der Waals surface area contributed by atoms with Crippen LogP contribution in [0.4, 0.5) is 4.39 Å². The topological polar surface area (TPSA) is 25.6 Å². The minimum absolute atomic E-state index is 0.243. The van der Waals surface area contributed by atoms with Crippen LogP contribution in [0.15, 0.2) is 152 Å². The fourth-order valence-electron chi connectivity index (χ4n) is 7.58. The number of rotatable bonds is 3. The summed E-state index contributed by atoms with van der Waals surface area (Å²) < 4.78 is 20.5. The molecule has 10 rings (SSSR count). The van der Waals surface area contributed by atoms with Crippen LogP contribution in [-0.4, -0.2) is 14.1 Å². The lowest BCUT2D eigenvalue weighted by atomic mass is 9.97. The molecule has 0 radical (unpaired) electrons. The molecule has 216 valence electrons. The van der Waals surface area contributed by atoms with Gasteiger partial charge in [-0.2, -0.15) is 0 Å². The number of nitrogens with one attached hydrogen (secondary N) is 1. The Labute approximate surface area is 263 Å². The van der Waals surface area contributed by atoms with Gasteiger partial charge in [0.1, 0.15) is 5.82 Å². The summed E-state index contributed by atoms with van der Waals surface area (Å²) in [5, 5.41) is 6.59. The highest BCUT2D eigenvalue weighted by molar-refractivity contribution is 6.17. The molecule has 0 bridgehead atoms. The van der Waals surface area contributed by atoms with Crippen molar-refractivity contribution < 1.29 is 4.39 Å². The summed E-state index contributed by atoms with van der Waals surface area (Å²) in [6, 6.07) is 52.2.